The molecular weight excluding hydrogens is 355 g/mol. The third-order valence-corrected chi connectivity index (χ3v) is 4.28. The minimum absolute atomic E-state index is 0.0575. The molecule has 25 heavy (non-hydrogen) atoms. The van der Waals surface area contributed by atoms with Crippen molar-refractivity contribution in [1.29, 1.82) is 0 Å². The van der Waals surface area contributed by atoms with Crippen LogP contribution in [0.1, 0.15) is 5.56 Å². The van der Waals surface area contributed by atoms with Gasteiger partial charge in [-0.3, -0.25) is 0 Å². The zero-order valence-corrected chi connectivity index (χ0v) is 14.9. The molecule has 0 radical (unpaired) electrons. The van der Waals surface area contributed by atoms with Crippen LogP contribution < -0.4 is 10.2 Å². The van der Waals surface area contributed by atoms with Crippen molar-refractivity contribution in [2.45, 2.75) is 6.54 Å². The topological polar surface area (TPSA) is 15.3 Å². The average molecular weight is 371 g/mol. The molecule has 0 aliphatic rings. The van der Waals surface area contributed by atoms with Crippen molar-refractivity contribution in [2.75, 3.05) is 10.2 Å². The molecule has 2 nitrogen and oxygen atoms in total. The summed E-state index contributed by atoms with van der Waals surface area (Å²) in [5.41, 5.74) is 2.75. The second-order valence-electron chi connectivity index (χ2n) is 5.47. The molecule has 0 saturated heterocycles. The van der Waals surface area contributed by atoms with Gasteiger partial charge in [0.25, 0.3) is 0 Å². The Balaban J connectivity index is 1.85. The Labute approximate surface area is 156 Å². The van der Waals surface area contributed by atoms with Crippen LogP contribution in [-0.2, 0) is 6.54 Å². The van der Waals surface area contributed by atoms with Crippen LogP contribution in [0.2, 0.25) is 5.02 Å². The first-order valence-corrected chi connectivity index (χ1v) is 8.54. The summed E-state index contributed by atoms with van der Waals surface area (Å²) in [7, 11) is 0. The van der Waals surface area contributed by atoms with Crippen LogP contribution in [0.15, 0.2) is 78.9 Å². The largest absolute Gasteiger partial charge is 0.332 e. The molecule has 0 heterocycles. The van der Waals surface area contributed by atoms with Crippen molar-refractivity contribution in [2.24, 2.45) is 0 Å². The highest BCUT2D eigenvalue weighted by atomic mass is 35.5. The van der Waals surface area contributed by atoms with Crippen molar-refractivity contribution in [3.05, 3.63) is 95.3 Å². The van der Waals surface area contributed by atoms with Crippen LogP contribution in [0, 0.1) is 5.82 Å². The second-order valence-corrected chi connectivity index (χ2v) is 6.26. The van der Waals surface area contributed by atoms with Gasteiger partial charge in [0.1, 0.15) is 5.82 Å². The number of hydrogen-bond donors (Lipinski definition) is 1. The quantitative estimate of drug-likeness (QED) is 0.577. The van der Waals surface area contributed by atoms with E-state index in [2.05, 4.69) is 5.32 Å². The van der Waals surface area contributed by atoms with E-state index in [-0.39, 0.29) is 5.02 Å². The zero-order valence-electron chi connectivity index (χ0n) is 13.3. The molecule has 3 aromatic rings. The van der Waals surface area contributed by atoms with Crippen molar-refractivity contribution in [1.82, 2.24) is 0 Å². The Hall–Kier alpha value is -2.43. The van der Waals surface area contributed by atoms with Gasteiger partial charge < -0.3 is 10.2 Å². The van der Waals surface area contributed by atoms with E-state index in [0.717, 1.165) is 11.3 Å². The fourth-order valence-electron chi connectivity index (χ4n) is 2.42. The van der Waals surface area contributed by atoms with Gasteiger partial charge in [0, 0.05) is 11.4 Å². The molecule has 5 heteroatoms. The van der Waals surface area contributed by atoms with Gasteiger partial charge in [-0.05, 0) is 48.1 Å². The molecule has 0 aliphatic carbocycles. The average Bonchev–Trinajstić information content (AvgIpc) is 2.64. The number of nitrogens with one attached hydrogen (secondary N) is 1. The molecule has 1 N–H and O–H groups in total. The fourth-order valence-corrected chi connectivity index (χ4v) is 2.89. The molecule has 0 aromatic heterocycles. The molecular formula is C20H16ClFN2S. The summed E-state index contributed by atoms with van der Waals surface area (Å²) in [5, 5.41) is 3.70. The van der Waals surface area contributed by atoms with Gasteiger partial charge in [0.05, 0.1) is 11.6 Å². The third-order valence-electron chi connectivity index (χ3n) is 3.67. The number of hydrogen-bond acceptors (Lipinski definition) is 1. The van der Waals surface area contributed by atoms with Gasteiger partial charge in [0.2, 0.25) is 0 Å². The first-order chi connectivity index (χ1) is 12.1. The SMILES string of the molecule is Fc1ccc(NC(=S)N(Cc2ccccc2)c2ccccc2)cc1Cl. The van der Waals surface area contributed by atoms with Crippen LogP contribution in [0.3, 0.4) is 0 Å². The third kappa shape index (κ3) is 4.56. The summed E-state index contributed by atoms with van der Waals surface area (Å²) >= 11 is 11.4. The summed E-state index contributed by atoms with van der Waals surface area (Å²) < 4.78 is 13.3. The highest BCUT2D eigenvalue weighted by molar-refractivity contribution is 7.80. The Bertz CT molecular complexity index is 856. The number of benzene rings is 3. The molecule has 0 amide bonds. The van der Waals surface area contributed by atoms with Gasteiger partial charge in [-0.15, -0.1) is 0 Å². The summed E-state index contributed by atoms with van der Waals surface area (Å²) in [6.07, 6.45) is 0. The van der Waals surface area contributed by atoms with Gasteiger partial charge in [0.15, 0.2) is 5.11 Å². The minimum atomic E-state index is -0.456. The summed E-state index contributed by atoms with van der Waals surface area (Å²) in [4.78, 5) is 1.99. The molecule has 0 spiro atoms. The summed E-state index contributed by atoms with van der Waals surface area (Å²) in [6, 6.07) is 24.4. The first-order valence-electron chi connectivity index (χ1n) is 7.76. The maximum atomic E-state index is 13.3. The Morgan fingerprint density at radius 1 is 0.960 bits per heavy atom. The lowest BCUT2D eigenvalue weighted by Gasteiger charge is -2.26. The number of halogens is 2. The molecule has 3 rings (SSSR count). The van der Waals surface area contributed by atoms with Crippen molar-refractivity contribution < 1.29 is 4.39 Å². The minimum Gasteiger partial charge on any atom is -0.332 e. The van der Waals surface area contributed by atoms with Crippen LogP contribution >= 0.6 is 23.8 Å². The Morgan fingerprint density at radius 3 is 2.24 bits per heavy atom. The number of anilines is 2. The second kappa shape index (κ2) is 8.10. The number of rotatable bonds is 4. The lowest BCUT2D eigenvalue weighted by atomic mass is 10.2. The number of para-hydroxylation sites is 1. The normalized spacial score (nSPS) is 10.3. The van der Waals surface area contributed by atoms with E-state index in [1.165, 1.54) is 12.1 Å². The predicted octanol–water partition coefficient (Wildman–Crippen LogP) is 5.88. The molecule has 0 unspecified atom stereocenters. The van der Waals surface area contributed by atoms with Crippen LogP contribution in [-0.4, -0.2) is 5.11 Å². The van der Waals surface area contributed by atoms with Gasteiger partial charge in [-0.25, -0.2) is 4.39 Å². The van der Waals surface area contributed by atoms with Crippen molar-refractivity contribution in [3.8, 4) is 0 Å². The summed E-state index contributed by atoms with van der Waals surface area (Å²) in [6.45, 7) is 0.617. The van der Waals surface area contributed by atoms with E-state index in [0.29, 0.717) is 17.3 Å². The molecule has 126 valence electrons. The monoisotopic (exact) mass is 370 g/mol. The van der Waals surface area contributed by atoms with E-state index in [1.54, 1.807) is 6.07 Å². The Kier molecular flexibility index (Phi) is 5.64. The van der Waals surface area contributed by atoms with E-state index < -0.39 is 5.82 Å². The molecule has 0 atom stereocenters. The summed E-state index contributed by atoms with van der Waals surface area (Å²) in [5.74, 6) is -0.456. The van der Waals surface area contributed by atoms with Crippen LogP contribution in [0.25, 0.3) is 0 Å². The van der Waals surface area contributed by atoms with E-state index in [1.807, 2.05) is 65.6 Å². The van der Waals surface area contributed by atoms with E-state index >= 15 is 0 Å². The van der Waals surface area contributed by atoms with Gasteiger partial charge in [-0.1, -0.05) is 60.1 Å². The van der Waals surface area contributed by atoms with Crippen LogP contribution in [0.5, 0.6) is 0 Å². The molecule has 0 bridgehead atoms. The van der Waals surface area contributed by atoms with Gasteiger partial charge >= 0.3 is 0 Å². The first kappa shape index (κ1) is 17.4. The standard InChI is InChI=1S/C20H16ClFN2S/c21-18-13-16(11-12-19(18)22)23-20(25)24(17-9-5-2-6-10-17)14-15-7-3-1-4-8-15/h1-13H,14H2,(H,23,25). The fraction of sp³-hybridized carbons (Fsp3) is 0.0500. The number of nitrogens with zero attached hydrogens (tertiary/aromatic N) is 1. The van der Waals surface area contributed by atoms with Crippen molar-refractivity contribution >= 4 is 40.3 Å². The zero-order chi connectivity index (χ0) is 17.6. The highest BCUT2D eigenvalue weighted by Crippen LogP contribution is 2.22. The maximum Gasteiger partial charge on any atom is 0.178 e. The Morgan fingerprint density at radius 2 is 1.60 bits per heavy atom. The predicted molar refractivity (Wildman–Crippen MR) is 107 cm³/mol. The lowest BCUT2D eigenvalue weighted by molar-refractivity contribution is 0.628. The molecule has 0 aliphatic heterocycles. The molecule has 3 aromatic carbocycles. The maximum absolute atomic E-state index is 13.3. The van der Waals surface area contributed by atoms with E-state index in [4.69, 9.17) is 23.8 Å². The van der Waals surface area contributed by atoms with E-state index in [9.17, 15) is 4.39 Å². The lowest BCUT2D eigenvalue weighted by Crippen LogP contribution is -2.34. The number of thiocarbonyl (C=S) groups is 1. The van der Waals surface area contributed by atoms with Crippen LogP contribution in [0.4, 0.5) is 15.8 Å². The highest BCUT2D eigenvalue weighted by Gasteiger charge is 2.13. The van der Waals surface area contributed by atoms with Crippen molar-refractivity contribution in [3.63, 3.8) is 0 Å². The molecule has 0 saturated carbocycles. The molecule has 0 fully saturated rings. The smallest absolute Gasteiger partial charge is 0.178 e. The van der Waals surface area contributed by atoms with Gasteiger partial charge in [-0.2, -0.15) is 0 Å².